The number of piperidine rings is 4. The van der Waals surface area contributed by atoms with Crippen molar-refractivity contribution in [1.29, 1.82) is 0 Å². The number of likely N-dealkylation sites (tertiary alicyclic amines) is 3. The fourth-order valence-electron chi connectivity index (χ4n) is 14.7. The lowest BCUT2D eigenvalue weighted by Gasteiger charge is -2.35. The van der Waals surface area contributed by atoms with Crippen LogP contribution in [0.3, 0.4) is 0 Å². The summed E-state index contributed by atoms with van der Waals surface area (Å²) in [6.07, 6.45) is 18.2. The van der Waals surface area contributed by atoms with Crippen LogP contribution in [-0.2, 0) is 25.7 Å². The topological polar surface area (TPSA) is 327 Å². The minimum absolute atomic E-state index is 0.0660. The smallest absolute Gasteiger partial charge is 0.410 e. The van der Waals surface area contributed by atoms with Gasteiger partial charge < -0.3 is 61.2 Å². The Kier molecular flexibility index (Phi) is 19.3. The van der Waals surface area contributed by atoms with Crippen molar-refractivity contribution in [3.8, 4) is 0 Å². The Hall–Kier alpha value is -7.24. The van der Waals surface area contributed by atoms with Crippen molar-refractivity contribution in [1.82, 2.24) is 80.1 Å². The SMILES string of the molecule is CC(C)(C)OC(=O)N1CC2CC(N)C1C2.CC(C)(C)OC(=O)N1CC2CC(Nc3ncnc4c3cnn4COCC[Si](C)(C)C)C1C2.O=C(CNc1cc(Cl)cc(Cl)c1)N1CC2CC(Nc3ncnc4[nH]ncc34)C1C2.c1nc(NC2CC3CNC2C3)c2cn[nH]c2n1. The van der Waals surface area contributed by atoms with Crippen molar-refractivity contribution < 1.29 is 28.6 Å². The Bertz CT molecular complexity index is 3760. The van der Waals surface area contributed by atoms with Gasteiger partial charge in [-0.05, 0) is 147 Å². The zero-order valence-electron chi connectivity index (χ0n) is 54.5. The van der Waals surface area contributed by atoms with E-state index in [2.05, 4.69) is 102 Å². The summed E-state index contributed by atoms with van der Waals surface area (Å²) in [7, 11) is -1.12. The molecule has 6 aromatic heterocycles. The number of hydrogen-bond donors (Lipinski definition) is 8. The summed E-state index contributed by atoms with van der Waals surface area (Å²) in [5, 5.41) is 39.3. The molecule has 1 aromatic carbocycles. The first-order chi connectivity index (χ1) is 44.3. The molecule has 8 bridgehead atoms. The number of amides is 3. The summed E-state index contributed by atoms with van der Waals surface area (Å²) in [4.78, 5) is 69.0. The number of halogens is 2. The zero-order valence-corrected chi connectivity index (χ0v) is 57.0. The number of nitrogens with zero attached hydrogens (tertiary/aromatic N) is 13. The first-order valence-corrected chi connectivity index (χ1v) is 37.1. The van der Waals surface area contributed by atoms with Crippen LogP contribution in [0, 0.1) is 23.7 Å². The molecule has 0 radical (unpaired) electrons. The molecule has 8 fully saturated rings. The van der Waals surface area contributed by atoms with Crippen LogP contribution in [0.25, 0.3) is 33.1 Å². The van der Waals surface area contributed by atoms with E-state index in [-0.39, 0.29) is 60.9 Å². The van der Waals surface area contributed by atoms with Gasteiger partial charge in [-0.1, -0.05) is 42.8 Å². The highest BCUT2D eigenvalue weighted by molar-refractivity contribution is 6.76. The number of aromatic amines is 2. The van der Waals surface area contributed by atoms with Gasteiger partial charge in [0, 0.05) is 80.3 Å². The van der Waals surface area contributed by atoms with Gasteiger partial charge in [0.05, 0.1) is 59.4 Å². The quantitative estimate of drug-likeness (QED) is 0.0372. The molecule has 4 aliphatic heterocycles. The van der Waals surface area contributed by atoms with E-state index in [1.54, 1.807) is 54.1 Å². The monoisotopic (exact) mass is 1330 g/mol. The third-order valence-corrected chi connectivity index (χ3v) is 21.0. The number of anilines is 4. The van der Waals surface area contributed by atoms with Gasteiger partial charge in [0.15, 0.2) is 16.9 Å². The van der Waals surface area contributed by atoms with Crippen molar-refractivity contribution >= 4 is 106 Å². The number of carbonyl (C=O) groups excluding carboxylic acids is 3. The molecule has 7 aromatic rings. The molecular weight excluding hydrogens is 1250 g/mol. The summed E-state index contributed by atoms with van der Waals surface area (Å²) in [6, 6.07) is 8.29. The highest BCUT2D eigenvalue weighted by Gasteiger charge is 2.50. The maximum atomic E-state index is 12.9. The van der Waals surface area contributed by atoms with E-state index in [0.29, 0.717) is 52.3 Å². The van der Waals surface area contributed by atoms with Crippen molar-refractivity contribution in [3.63, 3.8) is 0 Å². The number of H-pyrrole nitrogens is 2. The molecule has 8 aliphatic rings. The van der Waals surface area contributed by atoms with Crippen molar-refractivity contribution in [2.45, 2.75) is 185 Å². The van der Waals surface area contributed by atoms with E-state index in [1.807, 2.05) is 56.2 Å². The predicted molar refractivity (Wildman–Crippen MR) is 360 cm³/mol. The number of rotatable bonds is 14. The lowest BCUT2D eigenvalue weighted by Crippen LogP contribution is -2.49. The summed E-state index contributed by atoms with van der Waals surface area (Å²) in [5.74, 6) is 4.88. The summed E-state index contributed by atoms with van der Waals surface area (Å²) in [5.41, 5.74) is 8.03. The van der Waals surface area contributed by atoms with E-state index in [0.717, 1.165) is 127 Å². The molecule has 12 unspecified atom stereocenters. The van der Waals surface area contributed by atoms with Crippen LogP contribution >= 0.6 is 23.2 Å². The van der Waals surface area contributed by atoms with Crippen LogP contribution in [-0.4, -0.2) is 200 Å². The largest absolute Gasteiger partial charge is 0.444 e. The van der Waals surface area contributed by atoms with E-state index < -0.39 is 19.3 Å². The molecule has 9 N–H and O–H groups in total. The van der Waals surface area contributed by atoms with Crippen LogP contribution in [0.15, 0.2) is 55.8 Å². The molecule has 4 aliphatic carbocycles. The van der Waals surface area contributed by atoms with Crippen LogP contribution in [0.2, 0.25) is 35.7 Å². The number of ether oxygens (including phenoxy) is 3. The third kappa shape index (κ3) is 15.8. The molecule has 10 heterocycles. The number of aromatic nitrogens is 12. The molecule has 4 saturated carbocycles. The van der Waals surface area contributed by atoms with E-state index in [1.165, 1.54) is 25.7 Å². The number of carbonyl (C=O) groups is 3. The average molecular weight is 1340 g/mol. The molecular formula is C63H89Cl2N21O6Si. The van der Waals surface area contributed by atoms with Crippen molar-refractivity contribution in [2.75, 3.05) is 60.6 Å². The molecule has 0 spiro atoms. The standard InChI is InChI=1S/C22H36N6O3Si.C19H19Cl2N7O.C11H14N6.C11H20N2O2/c1-22(2,3)31-21(29)27-12-15-9-17(18(27)10-15)26-19-16-11-25-28(20(16)24-13-23-19)14-30-7-8-32(4,5)6;20-11-3-12(21)5-13(4-11)22-7-17(29)28-8-10-1-15(16(28)2-10)26-18-14-6-25-27-19(14)24-9-23-18;1-6-2-9(8(1)12-3-6)16-10-7-4-15-17-11(7)14-5-13-10;1-11(2,3)15-10(14)13-6-7-4-8(12)9(13)5-7/h11,13,15,17-18H,7-10,12,14H2,1-6H3,(H,23,24,26);3-6,9-10,15-16,22H,1-2,7-8H2,(H2,23,24,25,26,27);4-6,8-9,12H,1-3H2,(H2,13,14,15,16,17);7-9H,4-6,12H2,1-3H3. The number of nitrogens with two attached hydrogens (primary N) is 1. The normalized spacial score (nSPS) is 26.4. The Morgan fingerprint density at radius 3 is 1.67 bits per heavy atom. The van der Waals surface area contributed by atoms with Gasteiger partial charge >= 0.3 is 12.2 Å². The Balaban J connectivity index is 0.000000125. The molecule has 27 nitrogen and oxygen atoms in total. The highest BCUT2D eigenvalue weighted by Crippen LogP contribution is 2.43. The number of hydrogen-bond acceptors (Lipinski definition) is 21. The second-order valence-electron chi connectivity index (χ2n) is 29.5. The van der Waals surface area contributed by atoms with Gasteiger partial charge in [-0.3, -0.25) is 15.0 Å². The minimum atomic E-state index is -1.12. The summed E-state index contributed by atoms with van der Waals surface area (Å²) < 4.78 is 18.6. The number of nitrogens with one attached hydrogen (secondary N) is 7. The minimum Gasteiger partial charge on any atom is -0.444 e. The molecule has 3 amide bonds. The van der Waals surface area contributed by atoms with Gasteiger partial charge in [0.2, 0.25) is 5.91 Å². The second kappa shape index (κ2) is 27.2. The Labute approximate surface area is 552 Å². The summed E-state index contributed by atoms with van der Waals surface area (Å²) in [6.45, 7) is 23.3. The third-order valence-electron chi connectivity index (χ3n) is 18.8. The van der Waals surface area contributed by atoms with Crippen LogP contribution in [0.5, 0.6) is 0 Å². The fraction of sp³-hybridized carbons (Fsp3) is 0.619. The van der Waals surface area contributed by atoms with Crippen LogP contribution < -0.4 is 32.3 Å². The zero-order chi connectivity index (χ0) is 65.5. The first kappa shape index (κ1) is 65.8. The maximum absolute atomic E-state index is 12.9. The van der Waals surface area contributed by atoms with E-state index in [4.69, 9.17) is 43.1 Å². The molecule has 93 heavy (non-hydrogen) atoms. The first-order valence-electron chi connectivity index (χ1n) is 32.6. The maximum Gasteiger partial charge on any atom is 0.410 e. The van der Waals surface area contributed by atoms with E-state index >= 15 is 0 Å². The van der Waals surface area contributed by atoms with Crippen molar-refractivity contribution in [2.24, 2.45) is 29.4 Å². The lowest BCUT2D eigenvalue weighted by molar-refractivity contribution is -0.131. The summed E-state index contributed by atoms with van der Waals surface area (Å²) >= 11 is 12.1. The Morgan fingerprint density at radius 2 is 1.14 bits per heavy atom. The van der Waals surface area contributed by atoms with E-state index in [9.17, 15) is 14.4 Å². The predicted octanol–water partition coefficient (Wildman–Crippen LogP) is 8.98. The van der Waals surface area contributed by atoms with Gasteiger partial charge in [-0.2, -0.15) is 15.3 Å². The van der Waals surface area contributed by atoms with Crippen molar-refractivity contribution in [3.05, 3.63) is 65.8 Å². The Morgan fingerprint density at radius 1 is 0.624 bits per heavy atom. The second-order valence-corrected chi connectivity index (χ2v) is 36.0. The van der Waals surface area contributed by atoms with Gasteiger partial charge in [0.1, 0.15) is 54.4 Å². The average Bonchev–Trinajstić information content (AvgIpc) is 1.66. The highest BCUT2D eigenvalue weighted by atomic mass is 35.5. The van der Waals surface area contributed by atoms with Gasteiger partial charge in [0.25, 0.3) is 0 Å². The molecule has 15 rings (SSSR count). The molecule has 4 saturated heterocycles. The number of fused-ring (bicyclic) bond motifs is 11. The molecule has 500 valence electrons. The number of benzene rings is 1. The lowest BCUT2D eigenvalue weighted by atomic mass is 10.1. The molecule has 12 atom stereocenters. The molecule has 30 heteroatoms. The fourth-order valence-corrected chi connectivity index (χ4v) is 15.9. The van der Waals surface area contributed by atoms with Crippen LogP contribution in [0.4, 0.5) is 32.7 Å². The van der Waals surface area contributed by atoms with Crippen LogP contribution in [0.1, 0.15) is 92.9 Å². The van der Waals surface area contributed by atoms with Gasteiger partial charge in [-0.25, -0.2) is 44.2 Å². The van der Waals surface area contributed by atoms with Gasteiger partial charge in [-0.15, -0.1) is 0 Å².